The first-order chi connectivity index (χ1) is 8.38. The molecule has 18 heavy (non-hydrogen) atoms. The van der Waals surface area contributed by atoms with Crippen molar-refractivity contribution in [3.8, 4) is 5.75 Å². The molecule has 0 saturated heterocycles. The van der Waals surface area contributed by atoms with Gasteiger partial charge in [0.25, 0.3) is 5.91 Å². The van der Waals surface area contributed by atoms with Crippen LogP contribution in [0.3, 0.4) is 0 Å². The lowest BCUT2D eigenvalue weighted by atomic mass is 10.1. The Hall–Kier alpha value is -1.22. The summed E-state index contributed by atoms with van der Waals surface area (Å²) in [6.07, 6.45) is 0. The molecule has 0 atom stereocenters. The largest absolute Gasteiger partial charge is 0.497 e. The number of carbonyl (C=O) groups excluding carboxylic acids is 1. The minimum Gasteiger partial charge on any atom is -0.497 e. The lowest BCUT2D eigenvalue weighted by Crippen LogP contribution is -2.42. The van der Waals surface area contributed by atoms with Gasteiger partial charge in [-0.15, -0.1) is 0 Å². The van der Waals surface area contributed by atoms with E-state index in [9.17, 15) is 4.79 Å². The summed E-state index contributed by atoms with van der Waals surface area (Å²) in [5.74, 6) is 0.602. The number of ether oxygens (including phenoxy) is 1. The third-order valence-corrected chi connectivity index (χ3v) is 3.07. The molecule has 100 valence electrons. The Balaban J connectivity index is 3.09. The Kier molecular flexibility index (Phi) is 5.03. The standard InChI is InChI=1S/C14H20ClNO2/c1-9(2)16(10(3)4)14(17)12-7-6-11(18-5)8-13(12)15/h6-10H,1-5H3. The Morgan fingerprint density at radius 1 is 1.22 bits per heavy atom. The summed E-state index contributed by atoms with van der Waals surface area (Å²) >= 11 is 6.13. The minimum absolute atomic E-state index is 0.0485. The van der Waals surface area contributed by atoms with E-state index in [2.05, 4.69) is 0 Å². The van der Waals surface area contributed by atoms with Gasteiger partial charge in [0.2, 0.25) is 0 Å². The zero-order valence-corrected chi connectivity index (χ0v) is 12.3. The van der Waals surface area contributed by atoms with Gasteiger partial charge in [0, 0.05) is 12.1 Å². The van der Waals surface area contributed by atoms with Gasteiger partial charge in [-0.05, 0) is 45.9 Å². The van der Waals surface area contributed by atoms with Crippen LogP contribution in [0.1, 0.15) is 38.1 Å². The van der Waals surface area contributed by atoms with Crippen molar-refractivity contribution < 1.29 is 9.53 Å². The van der Waals surface area contributed by atoms with Gasteiger partial charge in [0.05, 0.1) is 17.7 Å². The van der Waals surface area contributed by atoms with Crippen molar-refractivity contribution in [2.75, 3.05) is 7.11 Å². The summed E-state index contributed by atoms with van der Waals surface area (Å²) in [4.78, 5) is 14.3. The molecule has 0 spiro atoms. The molecule has 0 N–H and O–H groups in total. The molecule has 0 unspecified atom stereocenters. The number of benzene rings is 1. The molecule has 4 heteroatoms. The predicted octanol–water partition coefficient (Wildman–Crippen LogP) is 3.61. The number of carbonyl (C=O) groups is 1. The maximum Gasteiger partial charge on any atom is 0.255 e. The van der Waals surface area contributed by atoms with Crippen molar-refractivity contribution in [3.05, 3.63) is 28.8 Å². The third kappa shape index (κ3) is 3.16. The van der Waals surface area contributed by atoms with Crippen LogP contribution in [0.4, 0.5) is 0 Å². The van der Waals surface area contributed by atoms with Crippen molar-refractivity contribution in [3.63, 3.8) is 0 Å². The van der Waals surface area contributed by atoms with Crippen LogP contribution in [0.25, 0.3) is 0 Å². The molecule has 3 nitrogen and oxygen atoms in total. The Bertz CT molecular complexity index is 422. The molecule has 0 aliphatic rings. The van der Waals surface area contributed by atoms with Gasteiger partial charge in [0.15, 0.2) is 0 Å². The van der Waals surface area contributed by atoms with Crippen molar-refractivity contribution in [1.82, 2.24) is 4.90 Å². The molecule has 0 aliphatic carbocycles. The third-order valence-electron chi connectivity index (χ3n) is 2.75. The highest BCUT2D eigenvalue weighted by Gasteiger charge is 2.23. The van der Waals surface area contributed by atoms with Gasteiger partial charge in [-0.1, -0.05) is 11.6 Å². The molecule has 0 radical (unpaired) electrons. The van der Waals surface area contributed by atoms with Crippen molar-refractivity contribution in [2.45, 2.75) is 39.8 Å². The van der Waals surface area contributed by atoms with E-state index in [-0.39, 0.29) is 18.0 Å². The maximum atomic E-state index is 12.4. The van der Waals surface area contributed by atoms with Gasteiger partial charge in [-0.2, -0.15) is 0 Å². The summed E-state index contributed by atoms with van der Waals surface area (Å²) in [7, 11) is 1.57. The van der Waals surface area contributed by atoms with E-state index in [1.807, 2.05) is 32.6 Å². The summed E-state index contributed by atoms with van der Waals surface area (Å²) in [5.41, 5.74) is 0.514. The normalized spacial score (nSPS) is 10.9. The van der Waals surface area contributed by atoms with Crippen molar-refractivity contribution in [1.29, 1.82) is 0 Å². The molecular formula is C14H20ClNO2. The molecule has 0 aliphatic heterocycles. The molecule has 0 saturated carbocycles. The molecule has 1 aromatic rings. The number of nitrogens with zero attached hydrogens (tertiary/aromatic N) is 1. The first-order valence-electron chi connectivity index (χ1n) is 6.04. The van der Waals surface area contributed by atoms with E-state index in [0.717, 1.165) is 0 Å². The monoisotopic (exact) mass is 269 g/mol. The van der Waals surface area contributed by atoms with Crippen LogP contribution in [0.15, 0.2) is 18.2 Å². The number of halogens is 1. The van der Waals surface area contributed by atoms with Crippen LogP contribution in [0, 0.1) is 0 Å². The number of amides is 1. The fourth-order valence-electron chi connectivity index (χ4n) is 2.00. The fourth-order valence-corrected chi connectivity index (χ4v) is 2.25. The average molecular weight is 270 g/mol. The summed E-state index contributed by atoms with van der Waals surface area (Å²) in [6, 6.07) is 5.39. The number of methoxy groups -OCH3 is 1. The van der Waals surface area contributed by atoms with E-state index in [4.69, 9.17) is 16.3 Å². The Morgan fingerprint density at radius 2 is 1.78 bits per heavy atom. The molecule has 0 aromatic heterocycles. The minimum atomic E-state index is -0.0485. The van der Waals surface area contributed by atoms with Crippen LogP contribution in [-0.2, 0) is 0 Å². The van der Waals surface area contributed by atoms with E-state index < -0.39 is 0 Å². The molecule has 0 fully saturated rings. The highest BCUT2D eigenvalue weighted by atomic mass is 35.5. The van der Waals surface area contributed by atoms with Gasteiger partial charge >= 0.3 is 0 Å². The SMILES string of the molecule is COc1ccc(C(=O)N(C(C)C)C(C)C)c(Cl)c1. The zero-order valence-electron chi connectivity index (χ0n) is 11.5. The summed E-state index contributed by atoms with van der Waals surface area (Å²) < 4.78 is 5.08. The average Bonchev–Trinajstić information content (AvgIpc) is 2.27. The van der Waals surface area contributed by atoms with E-state index in [0.29, 0.717) is 16.3 Å². The smallest absolute Gasteiger partial charge is 0.255 e. The first-order valence-corrected chi connectivity index (χ1v) is 6.42. The molecule has 1 rings (SSSR count). The van der Waals surface area contributed by atoms with Gasteiger partial charge < -0.3 is 9.64 Å². The lowest BCUT2D eigenvalue weighted by molar-refractivity contribution is 0.0644. The van der Waals surface area contributed by atoms with Gasteiger partial charge in [-0.3, -0.25) is 4.79 Å². The Labute approximate surface area is 114 Å². The van der Waals surface area contributed by atoms with Crippen LogP contribution in [0.2, 0.25) is 5.02 Å². The highest BCUT2D eigenvalue weighted by Crippen LogP contribution is 2.24. The number of rotatable bonds is 4. The summed E-state index contributed by atoms with van der Waals surface area (Å²) in [6.45, 7) is 7.98. The van der Waals surface area contributed by atoms with E-state index >= 15 is 0 Å². The predicted molar refractivity (Wildman–Crippen MR) is 74.4 cm³/mol. The van der Waals surface area contributed by atoms with Gasteiger partial charge in [-0.25, -0.2) is 0 Å². The quantitative estimate of drug-likeness (QED) is 0.836. The number of hydrogen-bond acceptors (Lipinski definition) is 2. The van der Waals surface area contributed by atoms with Crippen molar-refractivity contribution >= 4 is 17.5 Å². The van der Waals surface area contributed by atoms with Crippen LogP contribution >= 0.6 is 11.6 Å². The maximum absolute atomic E-state index is 12.4. The molecule has 1 aromatic carbocycles. The van der Waals surface area contributed by atoms with Gasteiger partial charge in [0.1, 0.15) is 5.75 Å². The molecule has 0 heterocycles. The first kappa shape index (κ1) is 14.8. The zero-order chi connectivity index (χ0) is 13.9. The molecular weight excluding hydrogens is 250 g/mol. The highest BCUT2D eigenvalue weighted by molar-refractivity contribution is 6.34. The number of hydrogen-bond donors (Lipinski definition) is 0. The Morgan fingerprint density at radius 3 is 2.17 bits per heavy atom. The van der Waals surface area contributed by atoms with Crippen LogP contribution in [0.5, 0.6) is 5.75 Å². The summed E-state index contributed by atoms with van der Waals surface area (Å²) in [5, 5.41) is 0.422. The molecule has 0 bridgehead atoms. The van der Waals surface area contributed by atoms with E-state index in [1.54, 1.807) is 25.3 Å². The topological polar surface area (TPSA) is 29.5 Å². The second-order valence-electron chi connectivity index (χ2n) is 4.75. The van der Waals surface area contributed by atoms with E-state index in [1.165, 1.54) is 0 Å². The second-order valence-corrected chi connectivity index (χ2v) is 5.15. The van der Waals surface area contributed by atoms with Crippen LogP contribution in [-0.4, -0.2) is 30.0 Å². The van der Waals surface area contributed by atoms with Crippen molar-refractivity contribution in [2.24, 2.45) is 0 Å². The fraction of sp³-hybridized carbons (Fsp3) is 0.500. The lowest BCUT2D eigenvalue weighted by Gasteiger charge is -2.31. The van der Waals surface area contributed by atoms with Crippen LogP contribution < -0.4 is 4.74 Å². The second kappa shape index (κ2) is 6.10. The molecule has 1 amide bonds.